The Bertz CT molecular complexity index is 832. The van der Waals surface area contributed by atoms with E-state index < -0.39 is 0 Å². The van der Waals surface area contributed by atoms with Crippen molar-refractivity contribution in [2.45, 2.75) is 33.6 Å². The summed E-state index contributed by atoms with van der Waals surface area (Å²) in [6.07, 6.45) is 3.19. The van der Waals surface area contributed by atoms with Crippen LogP contribution in [0.3, 0.4) is 0 Å². The molecule has 0 radical (unpaired) electrons. The van der Waals surface area contributed by atoms with Crippen LogP contribution in [0.5, 0.6) is 11.5 Å². The minimum atomic E-state index is 0.197. The van der Waals surface area contributed by atoms with Crippen LogP contribution >= 0.6 is 23.2 Å². The van der Waals surface area contributed by atoms with Gasteiger partial charge in [-0.1, -0.05) is 65.6 Å². The first-order valence-electron chi connectivity index (χ1n) is 9.63. The molecule has 0 aliphatic carbocycles. The normalized spacial score (nSPS) is 11.1. The lowest BCUT2D eigenvalue weighted by Crippen LogP contribution is -2.06. The predicted octanol–water partition coefficient (Wildman–Crippen LogP) is 6.46. The third-order valence-electron chi connectivity index (χ3n) is 4.21. The molecule has 0 atom stereocenters. The molecule has 2 aromatic carbocycles. The summed E-state index contributed by atoms with van der Waals surface area (Å²) >= 11 is 11.2. The molecule has 0 bridgehead atoms. The Morgan fingerprint density at radius 2 is 1.83 bits per heavy atom. The van der Waals surface area contributed by atoms with E-state index in [0.29, 0.717) is 19.8 Å². The number of rotatable bonds is 11. The monoisotopic (exact) mass is 435 g/mol. The molecule has 0 aliphatic heterocycles. The van der Waals surface area contributed by atoms with Crippen molar-refractivity contribution in [1.82, 2.24) is 0 Å². The van der Waals surface area contributed by atoms with E-state index in [9.17, 15) is 0 Å². The van der Waals surface area contributed by atoms with Crippen molar-refractivity contribution in [3.63, 3.8) is 0 Å². The first-order valence-corrected chi connectivity index (χ1v) is 10.4. The molecule has 0 fully saturated rings. The van der Waals surface area contributed by atoms with Crippen molar-refractivity contribution >= 4 is 28.9 Å². The van der Waals surface area contributed by atoms with E-state index in [1.807, 2.05) is 56.3 Å². The first kappa shape index (κ1) is 23.1. The summed E-state index contributed by atoms with van der Waals surface area (Å²) in [4.78, 5) is 5.42. The van der Waals surface area contributed by atoms with Gasteiger partial charge in [0.15, 0.2) is 0 Å². The molecule has 0 saturated carbocycles. The van der Waals surface area contributed by atoms with Crippen molar-refractivity contribution in [3.05, 3.63) is 69.7 Å². The van der Waals surface area contributed by atoms with Crippen LogP contribution in [0.4, 0.5) is 0 Å². The summed E-state index contributed by atoms with van der Waals surface area (Å²) in [5.41, 5.74) is 4.04. The second-order valence-corrected chi connectivity index (χ2v) is 7.47. The smallest absolute Gasteiger partial charge is 0.125 e. The van der Waals surface area contributed by atoms with Gasteiger partial charge in [-0.15, -0.1) is 0 Å². The summed E-state index contributed by atoms with van der Waals surface area (Å²) in [6, 6.07) is 13.9. The van der Waals surface area contributed by atoms with Crippen molar-refractivity contribution in [2.75, 3.05) is 19.8 Å². The highest BCUT2D eigenvalue weighted by Crippen LogP contribution is 2.30. The molecule has 0 saturated heterocycles. The molecule has 156 valence electrons. The van der Waals surface area contributed by atoms with Crippen LogP contribution in [-0.2, 0) is 11.3 Å². The van der Waals surface area contributed by atoms with Crippen LogP contribution in [0.25, 0.3) is 0 Å². The largest absolute Gasteiger partial charge is 0.493 e. The highest BCUT2D eigenvalue weighted by molar-refractivity contribution is 6.55. The first-order chi connectivity index (χ1) is 14.0. The Labute approximate surface area is 183 Å². The zero-order valence-electron chi connectivity index (χ0n) is 17.1. The number of ether oxygens (including phenoxy) is 2. The highest BCUT2D eigenvalue weighted by Gasteiger charge is 2.09. The van der Waals surface area contributed by atoms with Gasteiger partial charge in [0.25, 0.3) is 0 Å². The fourth-order valence-corrected chi connectivity index (χ4v) is 2.86. The van der Waals surface area contributed by atoms with E-state index in [1.54, 1.807) is 6.08 Å². The fourth-order valence-electron chi connectivity index (χ4n) is 2.74. The Balaban J connectivity index is 1.83. The van der Waals surface area contributed by atoms with Gasteiger partial charge in [-0.3, -0.25) is 0 Å². The van der Waals surface area contributed by atoms with Crippen LogP contribution in [0.15, 0.2) is 58.2 Å². The SMILES string of the molecule is CCc1cc(OCC=C(Cl)Cl)cc(C)c1OCCCON=C(C)c1ccccc1. The van der Waals surface area contributed by atoms with Gasteiger partial charge in [0, 0.05) is 6.42 Å². The average Bonchev–Trinajstić information content (AvgIpc) is 2.71. The molecule has 0 N–H and O–H groups in total. The van der Waals surface area contributed by atoms with E-state index >= 15 is 0 Å². The quantitative estimate of drug-likeness (QED) is 0.230. The Morgan fingerprint density at radius 3 is 2.52 bits per heavy atom. The Hall–Kier alpha value is -2.17. The zero-order valence-corrected chi connectivity index (χ0v) is 18.6. The van der Waals surface area contributed by atoms with E-state index in [-0.39, 0.29) is 4.49 Å². The molecular weight excluding hydrogens is 409 g/mol. The number of halogens is 2. The third kappa shape index (κ3) is 8.00. The maximum Gasteiger partial charge on any atom is 0.125 e. The lowest BCUT2D eigenvalue weighted by Gasteiger charge is -2.15. The molecule has 0 amide bonds. The topological polar surface area (TPSA) is 40.0 Å². The van der Waals surface area contributed by atoms with Crippen LogP contribution in [0, 0.1) is 6.92 Å². The van der Waals surface area contributed by atoms with E-state index in [0.717, 1.165) is 46.7 Å². The van der Waals surface area contributed by atoms with Gasteiger partial charge >= 0.3 is 0 Å². The molecule has 4 nitrogen and oxygen atoms in total. The molecule has 2 aromatic rings. The third-order valence-corrected chi connectivity index (χ3v) is 4.52. The van der Waals surface area contributed by atoms with Crippen molar-refractivity contribution in [3.8, 4) is 11.5 Å². The summed E-state index contributed by atoms with van der Waals surface area (Å²) in [7, 11) is 0. The van der Waals surface area contributed by atoms with Gasteiger partial charge in [0.05, 0.1) is 12.3 Å². The van der Waals surface area contributed by atoms with Crippen LogP contribution in [0.1, 0.15) is 37.0 Å². The van der Waals surface area contributed by atoms with Crippen molar-refractivity contribution < 1.29 is 14.3 Å². The minimum Gasteiger partial charge on any atom is -0.493 e. The molecular formula is C23H27Cl2NO3. The molecule has 0 unspecified atom stereocenters. The van der Waals surface area contributed by atoms with Crippen molar-refractivity contribution in [1.29, 1.82) is 0 Å². The molecule has 2 rings (SSSR count). The van der Waals surface area contributed by atoms with E-state index in [1.165, 1.54) is 0 Å². The summed E-state index contributed by atoms with van der Waals surface area (Å²) < 4.78 is 11.9. The molecule has 0 spiro atoms. The highest BCUT2D eigenvalue weighted by atomic mass is 35.5. The number of oxime groups is 1. The number of aryl methyl sites for hydroxylation is 2. The number of benzene rings is 2. The lowest BCUT2D eigenvalue weighted by molar-refractivity contribution is 0.127. The van der Waals surface area contributed by atoms with E-state index in [4.69, 9.17) is 37.5 Å². The predicted molar refractivity (Wildman–Crippen MR) is 121 cm³/mol. The maximum absolute atomic E-state index is 6.01. The van der Waals surface area contributed by atoms with Gasteiger partial charge in [-0.05, 0) is 55.2 Å². The number of hydrogen-bond donors (Lipinski definition) is 0. The summed E-state index contributed by atoms with van der Waals surface area (Å²) in [5, 5.41) is 4.16. The van der Waals surface area contributed by atoms with Crippen molar-refractivity contribution in [2.24, 2.45) is 5.16 Å². The molecule has 0 aromatic heterocycles. The molecule has 6 heteroatoms. The second-order valence-electron chi connectivity index (χ2n) is 6.46. The standard InChI is InChI=1S/C23H27Cl2NO3/c1-4-19-16-21(27-14-11-22(24)25)15-17(2)23(19)28-12-8-13-29-26-18(3)20-9-6-5-7-10-20/h5-7,9-11,15-16H,4,8,12-14H2,1-3H3. The number of nitrogens with zero attached hydrogens (tertiary/aromatic N) is 1. The van der Waals surface area contributed by atoms with E-state index in [2.05, 4.69) is 12.1 Å². The average molecular weight is 436 g/mol. The van der Waals surface area contributed by atoms with Crippen LogP contribution in [0.2, 0.25) is 0 Å². The van der Waals surface area contributed by atoms with Gasteiger partial charge in [0.1, 0.15) is 29.2 Å². The summed E-state index contributed by atoms with van der Waals surface area (Å²) in [5.74, 6) is 1.67. The Morgan fingerprint density at radius 1 is 1.07 bits per heavy atom. The van der Waals surface area contributed by atoms with Crippen LogP contribution < -0.4 is 9.47 Å². The minimum absolute atomic E-state index is 0.197. The van der Waals surface area contributed by atoms with Gasteiger partial charge in [-0.25, -0.2) is 0 Å². The fraction of sp³-hybridized carbons (Fsp3) is 0.348. The summed E-state index contributed by atoms with van der Waals surface area (Å²) in [6.45, 7) is 7.41. The lowest BCUT2D eigenvalue weighted by atomic mass is 10.1. The zero-order chi connectivity index (χ0) is 21.1. The molecule has 29 heavy (non-hydrogen) atoms. The second kappa shape index (κ2) is 12.4. The van der Waals surface area contributed by atoms with Gasteiger partial charge < -0.3 is 14.3 Å². The van der Waals surface area contributed by atoms with Crippen LogP contribution in [-0.4, -0.2) is 25.5 Å². The molecule has 0 heterocycles. The number of hydrogen-bond acceptors (Lipinski definition) is 4. The van der Waals surface area contributed by atoms with Gasteiger partial charge in [-0.2, -0.15) is 0 Å². The van der Waals surface area contributed by atoms with Gasteiger partial charge in [0.2, 0.25) is 0 Å². The maximum atomic E-state index is 6.01. The molecule has 0 aliphatic rings. The Kier molecular flexibility index (Phi) is 9.89.